The molecular formula is C60H122N2O6P+. The van der Waals surface area contributed by atoms with Gasteiger partial charge in [-0.1, -0.05) is 283 Å². The van der Waals surface area contributed by atoms with Gasteiger partial charge in [0.05, 0.1) is 39.9 Å². The molecule has 0 saturated carbocycles. The molecule has 0 aromatic rings. The average Bonchev–Trinajstić information content (AvgIpc) is 3.31. The number of allylic oxidation sites excluding steroid dienone is 2. The molecule has 412 valence electrons. The van der Waals surface area contributed by atoms with Crippen molar-refractivity contribution in [3.63, 3.8) is 0 Å². The number of quaternary nitrogens is 1. The summed E-state index contributed by atoms with van der Waals surface area (Å²) in [5.41, 5.74) is 0. The predicted octanol–water partition coefficient (Wildman–Crippen LogP) is 18.6. The number of nitrogens with one attached hydrogen (secondary N) is 1. The lowest BCUT2D eigenvalue weighted by Gasteiger charge is -2.26. The number of phosphoric acid groups is 1. The molecule has 0 rings (SSSR count). The predicted molar refractivity (Wildman–Crippen MR) is 300 cm³/mol. The van der Waals surface area contributed by atoms with Crippen LogP contribution < -0.4 is 5.32 Å². The van der Waals surface area contributed by atoms with Crippen LogP contribution in [0.4, 0.5) is 0 Å². The molecular weight excluding hydrogens is 876 g/mol. The molecule has 0 aliphatic heterocycles. The molecule has 69 heavy (non-hydrogen) atoms. The van der Waals surface area contributed by atoms with Crippen LogP contribution in [0.5, 0.6) is 0 Å². The van der Waals surface area contributed by atoms with Crippen molar-refractivity contribution in [3.8, 4) is 0 Å². The quantitative estimate of drug-likeness (QED) is 0.0243. The zero-order valence-corrected chi connectivity index (χ0v) is 48.0. The molecule has 1 amide bonds. The van der Waals surface area contributed by atoms with E-state index in [2.05, 4.69) is 31.3 Å². The van der Waals surface area contributed by atoms with Crippen molar-refractivity contribution in [2.24, 2.45) is 0 Å². The second-order valence-electron chi connectivity index (χ2n) is 22.4. The highest BCUT2D eigenvalue weighted by molar-refractivity contribution is 7.47. The molecule has 0 fully saturated rings. The highest BCUT2D eigenvalue weighted by Gasteiger charge is 2.28. The summed E-state index contributed by atoms with van der Waals surface area (Å²) in [6.45, 7) is 4.94. The molecule has 0 aliphatic carbocycles. The number of likely N-dealkylation sites (N-methyl/N-ethyl adjacent to an activating group) is 1. The van der Waals surface area contributed by atoms with E-state index in [4.69, 9.17) is 9.05 Å². The molecule has 0 saturated heterocycles. The monoisotopic (exact) mass is 998 g/mol. The normalized spacial score (nSPS) is 13.9. The van der Waals surface area contributed by atoms with Crippen LogP contribution in [0, 0.1) is 0 Å². The highest BCUT2D eigenvalue weighted by Crippen LogP contribution is 2.43. The largest absolute Gasteiger partial charge is 0.472 e. The van der Waals surface area contributed by atoms with Gasteiger partial charge in [-0.25, -0.2) is 4.57 Å². The number of unbranched alkanes of at least 4 members (excludes halogenated alkanes) is 42. The van der Waals surface area contributed by atoms with Crippen LogP contribution in [0.2, 0.25) is 0 Å². The first-order valence-electron chi connectivity index (χ1n) is 30.6. The Labute approximate surface area is 431 Å². The number of amides is 1. The topological polar surface area (TPSA) is 105 Å². The van der Waals surface area contributed by atoms with Gasteiger partial charge in [0, 0.05) is 6.42 Å². The lowest BCUT2D eigenvalue weighted by atomic mass is 10.0. The Balaban J connectivity index is 4.08. The number of carbonyl (C=O) groups is 1. The van der Waals surface area contributed by atoms with Gasteiger partial charge in [0.25, 0.3) is 0 Å². The van der Waals surface area contributed by atoms with E-state index in [1.54, 1.807) is 0 Å². The van der Waals surface area contributed by atoms with E-state index < -0.39 is 20.0 Å². The van der Waals surface area contributed by atoms with Crippen molar-refractivity contribution < 1.29 is 32.9 Å². The second-order valence-corrected chi connectivity index (χ2v) is 23.9. The second kappa shape index (κ2) is 52.1. The Morgan fingerprint density at radius 1 is 0.478 bits per heavy atom. The van der Waals surface area contributed by atoms with Crippen LogP contribution in [0.3, 0.4) is 0 Å². The van der Waals surface area contributed by atoms with Crippen molar-refractivity contribution >= 4 is 13.7 Å². The first-order valence-corrected chi connectivity index (χ1v) is 32.0. The first kappa shape index (κ1) is 68.2. The number of hydrogen-bond acceptors (Lipinski definition) is 5. The summed E-state index contributed by atoms with van der Waals surface area (Å²) in [6.07, 6.45) is 64.2. The van der Waals surface area contributed by atoms with E-state index >= 15 is 0 Å². The van der Waals surface area contributed by atoms with Gasteiger partial charge in [-0.15, -0.1) is 0 Å². The summed E-state index contributed by atoms with van der Waals surface area (Å²) >= 11 is 0. The zero-order valence-electron chi connectivity index (χ0n) is 47.1. The Hall–Kier alpha value is -0.760. The van der Waals surface area contributed by atoms with Crippen LogP contribution >= 0.6 is 7.82 Å². The van der Waals surface area contributed by atoms with Gasteiger partial charge in [-0.2, -0.15) is 0 Å². The van der Waals surface area contributed by atoms with Gasteiger partial charge < -0.3 is 19.8 Å². The van der Waals surface area contributed by atoms with Crippen molar-refractivity contribution in [1.29, 1.82) is 0 Å². The maximum absolute atomic E-state index is 13.0. The van der Waals surface area contributed by atoms with E-state index in [9.17, 15) is 19.4 Å². The first-order chi connectivity index (χ1) is 33.5. The number of carbonyl (C=O) groups excluding carboxylic acids is 1. The molecule has 8 nitrogen and oxygen atoms in total. The minimum Gasteiger partial charge on any atom is -0.391 e. The molecule has 3 unspecified atom stereocenters. The van der Waals surface area contributed by atoms with Crippen molar-refractivity contribution in [2.45, 2.75) is 328 Å². The smallest absolute Gasteiger partial charge is 0.391 e. The molecule has 0 aliphatic rings. The number of aliphatic hydroxyl groups excluding tert-OH is 1. The van der Waals surface area contributed by atoms with Crippen LogP contribution in [0.15, 0.2) is 12.2 Å². The Morgan fingerprint density at radius 2 is 0.783 bits per heavy atom. The van der Waals surface area contributed by atoms with Crippen LogP contribution in [-0.4, -0.2) is 73.4 Å². The number of hydrogen-bond donors (Lipinski definition) is 3. The summed E-state index contributed by atoms with van der Waals surface area (Å²) in [7, 11) is 1.63. The fourth-order valence-corrected chi connectivity index (χ4v) is 10.2. The number of phosphoric ester groups is 1. The highest BCUT2D eigenvalue weighted by atomic mass is 31.2. The third-order valence-electron chi connectivity index (χ3n) is 14.3. The van der Waals surface area contributed by atoms with Gasteiger partial charge in [0.1, 0.15) is 13.2 Å². The van der Waals surface area contributed by atoms with Gasteiger partial charge in [-0.3, -0.25) is 13.8 Å². The summed E-state index contributed by atoms with van der Waals surface area (Å²) in [6, 6.07) is -0.758. The minimum absolute atomic E-state index is 0.0774. The van der Waals surface area contributed by atoms with Crippen molar-refractivity contribution in [3.05, 3.63) is 12.2 Å². The maximum atomic E-state index is 13.0. The SMILES string of the molecule is CCCCCCCCCCCCCC/C=C\CCCCCCCCCCCCCCC(=O)NC(COP(=O)(O)OCC[N+](C)(C)C)C(O)CCCCCCCCCCCCCCCCCCCCC. The van der Waals surface area contributed by atoms with Crippen molar-refractivity contribution in [2.75, 3.05) is 40.9 Å². The van der Waals surface area contributed by atoms with Gasteiger partial charge >= 0.3 is 7.82 Å². The van der Waals surface area contributed by atoms with E-state index in [1.165, 1.54) is 250 Å². The summed E-state index contributed by atoms with van der Waals surface area (Å²) in [5.74, 6) is -0.139. The molecule has 3 N–H and O–H groups in total. The number of nitrogens with zero attached hydrogens (tertiary/aromatic N) is 1. The van der Waals surface area contributed by atoms with Gasteiger partial charge in [0.2, 0.25) is 5.91 Å². The van der Waals surface area contributed by atoms with Crippen LogP contribution in [0.25, 0.3) is 0 Å². The Bertz CT molecular complexity index is 1130. The van der Waals surface area contributed by atoms with Crippen LogP contribution in [0.1, 0.15) is 316 Å². The van der Waals surface area contributed by atoms with Gasteiger partial charge in [-0.05, 0) is 38.5 Å². The fraction of sp³-hybridized carbons (Fsp3) is 0.950. The molecule has 3 atom stereocenters. The van der Waals surface area contributed by atoms with E-state index in [1.807, 2.05) is 21.1 Å². The summed E-state index contributed by atoms with van der Waals surface area (Å²) in [4.78, 5) is 23.4. The molecule has 0 spiro atoms. The summed E-state index contributed by atoms with van der Waals surface area (Å²) in [5, 5.41) is 14.1. The standard InChI is InChI=1S/C60H121N2O6P/c1-6-8-10-12-14-16-18-20-22-24-26-27-28-29-30-31-32-33-34-36-38-40-42-44-46-48-50-52-54-60(64)61-58(57-68-69(65,66)67-56-55-62(3,4)5)59(63)53-51-49-47-45-43-41-39-37-35-25-23-21-19-17-15-13-11-9-7-2/h29-30,58-59,63H,6-28,31-57H2,1-5H3,(H-,61,64,65,66)/p+1/b30-29-. The molecule has 0 aromatic heterocycles. The molecule has 0 radical (unpaired) electrons. The van der Waals surface area contributed by atoms with Crippen molar-refractivity contribution in [1.82, 2.24) is 5.32 Å². The number of aliphatic hydroxyl groups is 1. The average molecular weight is 999 g/mol. The molecule has 0 aromatic carbocycles. The maximum Gasteiger partial charge on any atom is 0.472 e. The molecule has 0 bridgehead atoms. The minimum atomic E-state index is -4.32. The molecule has 9 heteroatoms. The Kier molecular flexibility index (Phi) is 51.5. The fourth-order valence-electron chi connectivity index (χ4n) is 9.46. The van der Waals surface area contributed by atoms with E-state index in [-0.39, 0.29) is 19.1 Å². The van der Waals surface area contributed by atoms with E-state index in [0.29, 0.717) is 23.9 Å². The lowest BCUT2D eigenvalue weighted by Crippen LogP contribution is -2.46. The lowest BCUT2D eigenvalue weighted by molar-refractivity contribution is -0.870. The Morgan fingerprint density at radius 3 is 1.12 bits per heavy atom. The zero-order chi connectivity index (χ0) is 50.6. The number of rotatable bonds is 57. The third-order valence-corrected chi connectivity index (χ3v) is 15.2. The van der Waals surface area contributed by atoms with E-state index in [0.717, 1.165) is 38.5 Å². The molecule has 0 heterocycles. The third kappa shape index (κ3) is 54.8. The van der Waals surface area contributed by atoms with Crippen LogP contribution in [-0.2, 0) is 18.4 Å². The summed E-state index contributed by atoms with van der Waals surface area (Å²) < 4.78 is 23.8. The van der Waals surface area contributed by atoms with Gasteiger partial charge in [0.15, 0.2) is 0 Å².